The van der Waals surface area contributed by atoms with Crippen molar-refractivity contribution in [3.05, 3.63) is 24.3 Å². The fraction of sp³-hybridized carbons (Fsp3) is 0.600. The summed E-state index contributed by atoms with van der Waals surface area (Å²) >= 11 is 0. The molecule has 2 saturated carbocycles. The van der Waals surface area contributed by atoms with E-state index in [1.807, 2.05) is 6.92 Å². The molecule has 1 heterocycles. The minimum absolute atomic E-state index is 0.0817. The molecule has 4 atom stereocenters. The molecular weight excluding hydrogens is 228 g/mol. The molecule has 0 radical (unpaired) electrons. The summed E-state index contributed by atoms with van der Waals surface area (Å²) in [7, 11) is 0. The van der Waals surface area contributed by atoms with Crippen LogP contribution in [0, 0.1) is 17.3 Å². The summed E-state index contributed by atoms with van der Waals surface area (Å²) in [5, 5.41) is 0. The first-order chi connectivity index (χ1) is 8.43. The average Bonchev–Trinajstić information content (AvgIpc) is 2.58. The van der Waals surface area contributed by atoms with Gasteiger partial charge >= 0.3 is 5.97 Å². The maximum Gasteiger partial charge on any atom is 0.334 e. The minimum Gasteiger partial charge on any atom is -0.458 e. The molecule has 0 aromatic rings. The Morgan fingerprint density at radius 1 is 1.28 bits per heavy atom. The molecule has 0 spiro atoms. The van der Waals surface area contributed by atoms with Gasteiger partial charge in [0.2, 0.25) is 0 Å². The maximum absolute atomic E-state index is 12.2. The molecule has 3 heteroatoms. The smallest absolute Gasteiger partial charge is 0.334 e. The number of Topliss-reactive ketones (excluding diaryl/α,β-unsaturated/α-hetero) is 1. The number of allylic oxidation sites excluding steroid dienone is 1. The summed E-state index contributed by atoms with van der Waals surface area (Å²) in [6, 6.07) is 0. The van der Waals surface area contributed by atoms with E-state index in [2.05, 4.69) is 13.2 Å². The van der Waals surface area contributed by atoms with Crippen molar-refractivity contribution < 1.29 is 14.3 Å². The zero-order chi connectivity index (χ0) is 13.1. The van der Waals surface area contributed by atoms with Crippen LogP contribution in [0.15, 0.2) is 24.3 Å². The van der Waals surface area contributed by atoms with Crippen LogP contribution in [0.1, 0.15) is 32.6 Å². The highest BCUT2D eigenvalue weighted by Gasteiger charge is 2.55. The van der Waals surface area contributed by atoms with Gasteiger partial charge in [-0.05, 0) is 25.2 Å². The molecule has 1 aliphatic heterocycles. The lowest BCUT2D eigenvalue weighted by atomic mass is 9.55. The van der Waals surface area contributed by atoms with Crippen LogP contribution in [0.4, 0.5) is 0 Å². The zero-order valence-electron chi connectivity index (χ0n) is 10.7. The van der Waals surface area contributed by atoms with Crippen LogP contribution in [-0.2, 0) is 14.3 Å². The van der Waals surface area contributed by atoms with E-state index in [0.717, 1.165) is 18.4 Å². The number of ketones is 1. The number of ether oxygens (including phenoxy) is 1. The number of carbonyl (C=O) groups is 2. The number of hydrogen-bond donors (Lipinski definition) is 0. The van der Waals surface area contributed by atoms with Crippen molar-refractivity contribution in [2.45, 2.75) is 38.7 Å². The third kappa shape index (κ3) is 1.36. The molecule has 1 saturated heterocycles. The number of rotatable bonds is 0. The average molecular weight is 246 g/mol. The fourth-order valence-corrected chi connectivity index (χ4v) is 3.88. The Bertz CT molecular complexity index is 476. The zero-order valence-corrected chi connectivity index (χ0v) is 10.7. The predicted molar refractivity (Wildman–Crippen MR) is 66.7 cm³/mol. The standard InChI is InChI=1S/C15H18O3/c1-8-4-5-13(16)15(3)7-12-10(6-11(8)15)9(2)14(17)18-12/h10-12H,1-2,4-7H2,3H3. The molecule has 0 aromatic heterocycles. The Balaban J connectivity index is 1.97. The Kier molecular flexibility index (Phi) is 2.31. The largest absolute Gasteiger partial charge is 0.458 e. The van der Waals surface area contributed by atoms with Gasteiger partial charge in [-0.25, -0.2) is 4.79 Å². The molecule has 18 heavy (non-hydrogen) atoms. The van der Waals surface area contributed by atoms with Crippen molar-refractivity contribution in [2.75, 3.05) is 0 Å². The van der Waals surface area contributed by atoms with Gasteiger partial charge in [-0.2, -0.15) is 0 Å². The summed E-state index contributed by atoms with van der Waals surface area (Å²) in [5.74, 6) is 0.279. The van der Waals surface area contributed by atoms with Crippen LogP contribution < -0.4 is 0 Å². The van der Waals surface area contributed by atoms with Gasteiger partial charge < -0.3 is 4.74 Å². The second kappa shape index (κ2) is 3.56. The SMILES string of the molecule is C=C1C(=O)OC2CC3(C)C(=O)CCC(=C)C3CC12. The fourth-order valence-electron chi connectivity index (χ4n) is 3.88. The highest BCUT2D eigenvalue weighted by atomic mass is 16.6. The molecule has 0 N–H and O–H groups in total. The van der Waals surface area contributed by atoms with Crippen LogP contribution in [0.2, 0.25) is 0 Å². The third-order valence-electron chi connectivity index (χ3n) is 5.10. The summed E-state index contributed by atoms with van der Waals surface area (Å²) < 4.78 is 5.35. The highest BCUT2D eigenvalue weighted by molar-refractivity contribution is 5.92. The van der Waals surface area contributed by atoms with Crippen molar-refractivity contribution in [2.24, 2.45) is 17.3 Å². The highest BCUT2D eigenvalue weighted by Crippen LogP contribution is 2.55. The van der Waals surface area contributed by atoms with Gasteiger partial charge in [0.1, 0.15) is 11.9 Å². The first-order valence-electron chi connectivity index (χ1n) is 6.54. The van der Waals surface area contributed by atoms with Crippen molar-refractivity contribution in [1.82, 2.24) is 0 Å². The lowest BCUT2D eigenvalue weighted by Gasteiger charge is -2.48. The van der Waals surface area contributed by atoms with Crippen LogP contribution in [0.25, 0.3) is 0 Å². The molecule has 0 amide bonds. The van der Waals surface area contributed by atoms with E-state index in [-0.39, 0.29) is 29.3 Å². The van der Waals surface area contributed by atoms with Gasteiger partial charge in [0.05, 0.1) is 0 Å². The van der Waals surface area contributed by atoms with E-state index in [1.165, 1.54) is 0 Å². The third-order valence-corrected chi connectivity index (χ3v) is 5.10. The van der Waals surface area contributed by atoms with E-state index in [4.69, 9.17) is 4.74 Å². The molecule has 96 valence electrons. The molecule has 3 aliphatic rings. The molecular formula is C15H18O3. The van der Waals surface area contributed by atoms with Crippen molar-refractivity contribution >= 4 is 11.8 Å². The number of hydrogen-bond acceptors (Lipinski definition) is 3. The normalized spacial score (nSPS) is 43.5. The maximum atomic E-state index is 12.2. The lowest BCUT2D eigenvalue weighted by molar-refractivity contribution is -0.148. The van der Waals surface area contributed by atoms with Gasteiger partial charge in [0, 0.05) is 23.3 Å². The topological polar surface area (TPSA) is 43.4 Å². The molecule has 2 aliphatic carbocycles. The van der Waals surface area contributed by atoms with Crippen LogP contribution >= 0.6 is 0 Å². The molecule has 3 rings (SSSR count). The Labute approximate surface area is 107 Å². The molecule has 3 fully saturated rings. The van der Waals surface area contributed by atoms with Crippen molar-refractivity contribution in [3.63, 3.8) is 0 Å². The first-order valence-corrected chi connectivity index (χ1v) is 6.54. The van der Waals surface area contributed by atoms with Gasteiger partial charge in [0.25, 0.3) is 0 Å². The summed E-state index contributed by atoms with van der Waals surface area (Å²) in [6.45, 7) is 9.97. The summed E-state index contributed by atoms with van der Waals surface area (Å²) in [4.78, 5) is 23.8. The summed E-state index contributed by atoms with van der Waals surface area (Å²) in [5.41, 5.74) is 1.34. The number of esters is 1. The lowest BCUT2D eigenvalue weighted by Crippen LogP contribution is -2.48. The predicted octanol–water partition coefficient (Wildman–Crippen LogP) is 2.42. The Morgan fingerprint density at radius 2 is 2.00 bits per heavy atom. The monoisotopic (exact) mass is 246 g/mol. The van der Waals surface area contributed by atoms with Crippen LogP contribution in [0.3, 0.4) is 0 Å². The van der Waals surface area contributed by atoms with E-state index >= 15 is 0 Å². The quantitative estimate of drug-likeness (QED) is 0.374. The number of fused-ring (bicyclic) bond motifs is 2. The second-order valence-electron chi connectivity index (χ2n) is 6.07. The van der Waals surface area contributed by atoms with E-state index < -0.39 is 0 Å². The van der Waals surface area contributed by atoms with Crippen molar-refractivity contribution in [3.8, 4) is 0 Å². The van der Waals surface area contributed by atoms with E-state index in [9.17, 15) is 9.59 Å². The minimum atomic E-state index is -0.387. The van der Waals surface area contributed by atoms with Gasteiger partial charge in [0.15, 0.2) is 0 Å². The van der Waals surface area contributed by atoms with Crippen molar-refractivity contribution in [1.29, 1.82) is 0 Å². The summed E-state index contributed by atoms with van der Waals surface area (Å²) in [6.07, 6.45) is 2.64. The van der Waals surface area contributed by atoms with E-state index in [1.54, 1.807) is 0 Å². The van der Waals surface area contributed by atoms with E-state index in [0.29, 0.717) is 24.2 Å². The van der Waals surface area contributed by atoms with Crippen LogP contribution in [0.5, 0.6) is 0 Å². The first kappa shape index (κ1) is 11.7. The molecule has 3 nitrogen and oxygen atoms in total. The number of carbonyl (C=O) groups excluding carboxylic acids is 2. The van der Waals surface area contributed by atoms with Gasteiger partial charge in [-0.1, -0.05) is 25.7 Å². The Hall–Kier alpha value is -1.38. The molecule has 4 unspecified atom stereocenters. The van der Waals surface area contributed by atoms with Gasteiger partial charge in [-0.3, -0.25) is 4.79 Å². The molecule has 0 aromatic carbocycles. The Morgan fingerprint density at radius 3 is 2.72 bits per heavy atom. The van der Waals surface area contributed by atoms with Crippen LogP contribution in [-0.4, -0.2) is 17.9 Å². The molecule has 0 bridgehead atoms. The van der Waals surface area contributed by atoms with Gasteiger partial charge in [-0.15, -0.1) is 0 Å². The second-order valence-corrected chi connectivity index (χ2v) is 6.07.